The van der Waals surface area contributed by atoms with Crippen LogP contribution in [0.25, 0.3) is 0 Å². The average molecular weight is 305 g/mol. The lowest BCUT2D eigenvalue weighted by molar-refractivity contribution is -0.123. The Morgan fingerprint density at radius 1 is 1.36 bits per heavy atom. The van der Waals surface area contributed by atoms with E-state index in [1.54, 1.807) is 0 Å². The van der Waals surface area contributed by atoms with Gasteiger partial charge in [-0.2, -0.15) is 0 Å². The highest BCUT2D eigenvalue weighted by Gasteiger charge is 2.19. The van der Waals surface area contributed by atoms with E-state index in [0.29, 0.717) is 25.7 Å². The molecule has 1 fully saturated rings. The minimum Gasteiger partial charge on any atom is -0.377 e. The number of amides is 1. The third-order valence-corrected chi connectivity index (χ3v) is 3.97. The van der Waals surface area contributed by atoms with Gasteiger partial charge in [-0.3, -0.25) is 9.69 Å². The van der Waals surface area contributed by atoms with E-state index in [4.69, 9.17) is 4.74 Å². The second-order valence-corrected chi connectivity index (χ2v) is 5.75. The predicted molar refractivity (Wildman–Crippen MR) is 87.5 cm³/mol. The maximum absolute atomic E-state index is 12.0. The summed E-state index contributed by atoms with van der Waals surface area (Å²) in [6.45, 7) is 9.40. The number of carbonyl (C=O) groups is 1. The van der Waals surface area contributed by atoms with Crippen LogP contribution in [-0.2, 0) is 22.7 Å². The number of hydrogen-bond acceptors (Lipinski definition) is 4. The molecule has 0 bridgehead atoms. The van der Waals surface area contributed by atoms with Crippen LogP contribution in [-0.4, -0.2) is 49.6 Å². The number of hydrogen-bond donors (Lipinski definition) is 2. The Morgan fingerprint density at radius 2 is 2.09 bits per heavy atom. The molecule has 0 saturated carbocycles. The van der Waals surface area contributed by atoms with Crippen molar-refractivity contribution in [3.63, 3.8) is 0 Å². The van der Waals surface area contributed by atoms with E-state index in [9.17, 15) is 4.79 Å². The first-order valence-corrected chi connectivity index (χ1v) is 8.06. The zero-order chi connectivity index (χ0) is 15.8. The van der Waals surface area contributed by atoms with Gasteiger partial charge in [0.15, 0.2) is 0 Å². The number of benzene rings is 1. The van der Waals surface area contributed by atoms with Gasteiger partial charge in [0, 0.05) is 38.8 Å². The van der Waals surface area contributed by atoms with Crippen LogP contribution in [0.5, 0.6) is 0 Å². The molecule has 0 unspecified atom stereocenters. The minimum atomic E-state index is 0.0899. The fourth-order valence-electron chi connectivity index (χ4n) is 2.53. The topological polar surface area (TPSA) is 53.6 Å². The molecule has 5 nitrogen and oxygen atoms in total. The molecule has 2 rings (SSSR count). The zero-order valence-corrected chi connectivity index (χ0v) is 13.6. The van der Waals surface area contributed by atoms with Gasteiger partial charge in [-0.15, -0.1) is 0 Å². The van der Waals surface area contributed by atoms with Crippen LogP contribution in [0.15, 0.2) is 24.3 Å². The fourth-order valence-corrected chi connectivity index (χ4v) is 2.53. The second kappa shape index (κ2) is 8.88. The van der Waals surface area contributed by atoms with Crippen molar-refractivity contribution in [2.45, 2.75) is 33.0 Å². The highest BCUT2D eigenvalue weighted by molar-refractivity contribution is 5.78. The number of piperazine rings is 1. The minimum absolute atomic E-state index is 0.0899. The van der Waals surface area contributed by atoms with Gasteiger partial charge in [-0.25, -0.2) is 0 Å². The molecule has 0 aromatic heterocycles. The van der Waals surface area contributed by atoms with E-state index >= 15 is 0 Å². The summed E-state index contributed by atoms with van der Waals surface area (Å²) in [5.41, 5.74) is 2.27. The first-order chi connectivity index (χ1) is 10.7. The number of nitrogens with zero attached hydrogens (tertiary/aromatic N) is 1. The summed E-state index contributed by atoms with van der Waals surface area (Å²) in [5, 5.41) is 6.33. The van der Waals surface area contributed by atoms with E-state index < -0.39 is 0 Å². The smallest absolute Gasteiger partial charge is 0.234 e. The van der Waals surface area contributed by atoms with E-state index in [-0.39, 0.29) is 5.91 Å². The molecule has 1 amide bonds. The molecule has 5 heteroatoms. The molecule has 0 radical (unpaired) electrons. The second-order valence-electron chi connectivity index (χ2n) is 5.75. The fraction of sp³-hybridized carbons (Fsp3) is 0.588. The summed E-state index contributed by atoms with van der Waals surface area (Å²) >= 11 is 0. The Labute approximate surface area is 133 Å². The molecule has 122 valence electrons. The SMILES string of the molecule is CCOCc1ccc(CNC(=O)CN2CCNC[C@@H]2C)cc1. The Kier molecular flexibility index (Phi) is 6.83. The lowest BCUT2D eigenvalue weighted by Crippen LogP contribution is -2.52. The van der Waals surface area contributed by atoms with Crippen LogP contribution >= 0.6 is 0 Å². The van der Waals surface area contributed by atoms with Gasteiger partial charge in [-0.1, -0.05) is 24.3 Å². The highest BCUT2D eigenvalue weighted by Crippen LogP contribution is 2.06. The molecule has 1 aromatic rings. The van der Waals surface area contributed by atoms with E-state index in [1.807, 2.05) is 19.1 Å². The van der Waals surface area contributed by atoms with Gasteiger partial charge in [0.25, 0.3) is 0 Å². The van der Waals surface area contributed by atoms with Gasteiger partial charge in [-0.05, 0) is 25.0 Å². The third kappa shape index (κ3) is 5.40. The Bertz CT molecular complexity index is 461. The molecular formula is C17H27N3O2. The average Bonchev–Trinajstić information content (AvgIpc) is 2.54. The summed E-state index contributed by atoms with van der Waals surface area (Å²) in [6, 6.07) is 8.60. The summed E-state index contributed by atoms with van der Waals surface area (Å²) < 4.78 is 5.37. The van der Waals surface area contributed by atoms with Crippen LogP contribution in [0.2, 0.25) is 0 Å². The normalized spacial score (nSPS) is 19.1. The maximum atomic E-state index is 12.0. The van der Waals surface area contributed by atoms with E-state index in [0.717, 1.165) is 37.4 Å². The van der Waals surface area contributed by atoms with Crippen LogP contribution < -0.4 is 10.6 Å². The number of rotatable bonds is 7. The van der Waals surface area contributed by atoms with Crippen LogP contribution in [0, 0.1) is 0 Å². The monoisotopic (exact) mass is 305 g/mol. The van der Waals surface area contributed by atoms with Crippen molar-refractivity contribution in [2.75, 3.05) is 32.8 Å². The van der Waals surface area contributed by atoms with E-state index in [1.165, 1.54) is 0 Å². The lowest BCUT2D eigenvalue weighted by atomic mass is 10.1. The summed E-state index contributed by atoms with van der Waals surface area (Å²) in [7, 11) is 0. The molecular weight excluding hydrogens is 278 g/mol. The van der Waals surface area contributed by atoms with Crippen molar-refractivity contribution >= 4 is 5.91 Å². The molecule has 22 heavy (non-hydrogen) atoms. The molecule has 0 aliphatic carbocycles. The summed E-state index contributed by atoms with van der Waals surface area (Å²) in [6.07, 6.45) is 0. The Hall–Kier alpha value is -1.43. The number of nitrogens with one attached hydrogen (secondary N) is 2. The molecule has 2 N–H and O–H groups in total. The first kappa shape index (κ1) is 16.9. The number of ether oxygens (including phenoxy) is 1. The van der Waals surface area contributed by atoms with Crippen molar-refractivity contribution in [3.05, 3.63) is 35.4 Å². The van der Waals surface area contributed by atoms with Gasteiger partial charge in [0.1, 0.15) is 0 Å². The molecule has 1 atom stereocenters. The molecule has 1 aliphatic rings. The summed E-state index contributed by atoms with van der Waals surface area (Å²) in [5.74, 6) is 0.0899. The van der Waals surface area contributed by atoms with Crippen molar-refractivity contribution in [1.29, 1.82) is 0 Å². The number of carbonyl (C=O) groups excluding carboxylic acids is 1. The van der Waals surface area contributed by atoms with Gasteiger partial charge < -0.3 is 15.4 Å². The van der Waals surface area contributed by atoms with Gasteiger partial charge in [0.2, 0.25) is 5.91 Å². The highest BCUT2D eigenvalue weighted by atomic mass is 16.5. The van der Waals surface area contributed by atoms with Crippen molar-refractivity contribution in [3.8, 4) is 0 Å². The summed E-state index contributed by atoms with van der Waals surface area (Å²) in [4.78, 5) is 14.3. The van der Waals surface area contributed by atoms with Crippen molar-refractivity contribution in [2.24, 2.45) is 0 Å². The molecule has 0 spiro atoms. The largest absolute Gasteiger partial charge is 0.377 e. The lowest BCUT2D eigenvalue weighted by Gasteiger charge is -2.33. The first-order valence-electron chi connectivity index (χ1n) is 8.06. The molecule has 1 aliphatic heterocycles. The Morgan fingerprint density at radius 3 is 2.77 bits per heavy atom. The molecule has 1 saturated heterocycles. The molecule has 1 aromatic carbocycles. The predicted octanol–water partition coefficient (Wildman–Crippen LogP) is 1.13. The maximum Gasteiger partial charge on any atom is 0.234 e. The quantitative estimate of drug-likeness (QED) is 0.793. The van der Waals surface area contributed by atoms with Crippen LogP contribution in [0.3, 0.4) is 0 Å². The van der Waals surface area contributed by atoms with E-state index in [2.05, 4.69) is 34.6 Å². The van der Waals surface area contributed by atoms with Gasteiger partial charge >= 0.3 is 0 Å². The van der Waals surface area contributed by atoms with Crippen LogP contribution in [0.4, 0.5) is 0 Å². The van der Waals surface area contributed by atoms with Crippen LogP contribution in [0.1, 0.15) is 25.0 Å². The van der Waals surface area contributed by atoms with Gasteiger partial charge in [0.05, 0.1) is 13.2 Å². The van der Waals surface area contributed by atoms with Crippen molar-refractivity contribution < 1.29 is 9.53 Å². The van der Waals surface area contributed by atoms with Crippen molar-refractivity contribution in [1.82, 2.24) is 15.5 Å². The standard InChI is InChI=1S/C17H27N3O2/c1-3-22-13-16-6-4-15(5-7-16)11-19-17(21)12-20-9-8-18-10-14(20)2/h4-7,14,18H,3,8-13H2,1-2H3,(H,19,21)/t14-/m0/s1. The molecule has 1 heterocycles. The Balaban J connectivity index is 1.73. The third-order valence-electron chi connectivity index (χ3n) is 3.97. The zero-order valence-electron chi connectivity index (χ0n) is 13.6.